The first kappa shape index (κ1) is 16.5. The van der Waals surface area contributed by atoms with Crippen LogP contribution in [0.1, 0.15) is 37.9 Å². The van der Waals surface area contributed by atoms with Crippen molar-refractivity contribution in [2.24, 2.45) is 0 Å². The van der Waals surface area contributed by atoms with Crippen LogP contribution in [0.2, 0.25) is 0 Å². The summed E-state index contributed by atoms with van der Waals surface area (Å²) in [6, 6.07) is 4.87. The maximum Gasteiger partial charge on any atom is 0.338 e. The highest BCUT2D eigenvalue weighted by molar-refractivity contribution is 9.10. The number of hydrogen-bond acceptors (Lipinski definition) is 3. The zero-order valence-electron chi connectivity index (χ0n) is 13.0. The van der Waals surface area contributed by atoms with Gasteiger partial charge < -0.3 is 15.4 Å². The smallest absolute Gasteiger partial charge is 0.338 e. The third-order valence-electron chi connectivity index (χ3n) is 3.36. The van der Waals surface area contributed by atoms with Crippen LogP contribution in [0, 0.1) is 6.92 Å². The van der Waals surface area contributed by atoms with Gasteiger partial charge in [-0.15, -0.1) is 0 Å². The summed E-state index contributed by atoms with van der Waals surface area (Å²) in [6.45, 7) is 7.26. The third-order valence-corrected chi connectivity index (χ3v) is 4.22. The quantitative estimate of drug-likeness (QED) is 0.806. The summed E-state index contributed by atoms with van der Waals surface area (Å²) in [6.07, 6.45) is -0.226. The molecule has 0 saturated heterocycles. The minimum absolute atomic E-state index is 0.226. The van der Waals surface area contributed by atoms with Gasteiger partial charge in [0.05, 0.1) is 17.7 Å². The highest BCUT2D eigenvalue weighted by Crippen LogP contribution is 2.30. The molecule has 2 amide bonds. The molecule has 1 aliphatic rings. The molecule has 0 aliphatic carbocycles. The van der Waals surface area contributed by atoms with Crippen molar-refractivity contribution in [1.82, 2.24) is 10.6 Å². The van der Waals surface area contributed by atoms with Crippen LogP contribution in [0.4, 0.5) is 4.79 Å². The second kappa shape index (κ2) is 6.52. The number of carbonyl (C=O) groups is 2. The molecular formula is C16H19BrN2O3. The van der Waals surface area contributed by atoms with E-state index in [2.05, 4.69) is 26.6 Å². The number of amides is 2. The Kier molecular flexibility index (Phi) is 4.90. The van der Waals surface area contributed by atoms with Crippen LogP contribution in [0.5, 0.6) is 0 Å². The second-order valence-electron chi connectivity index (χ2n) is 5.53. The maximum absolute atomic E-state index is 12.4. The summed E-state index contributed by atoms with van der Waals surface area (Å²) >= 11 is 3.48. The van der Waals surface area contributed by atoms with Crippen molar-refractivity contribution in [3.63, 3.8) is 0 Å². The molecule has 0 unspecified atom stereocenters. The number of rotatable bonds is 3. The first-order chi connectivity index (χ1) is 10.3. The van der Waals surface area contributed by atoms with Gasteiger partial charge in [-0.2, -0.15) is 0 Å². The normalized spacial score (nSPS) is 18.1. The number of urea groups is 1. The molecule has 1 aliphatic heterocycles. The Balaban J connectivity index is 2.45. The molecular weight excluding hydrogens is 348 g/mol. The molecule has 2 N–H and O–H groups in total. The molecule has 2 rings (SSSR count). The number of esters is 1. The van der Waals surface area contributed by atoms with Crippen molar-refractivity contribution in [3.8, 4) is 0 Å². The van der Waals surface area contributed by atoms with Gasteiger partial charge in [0.2, 0.25) is 0 Å². The fraction of sp³-hybridized carbons (Fsp3) is 0.375. The Labute approximate surface area is 138 Å². The Bertz CT molecular complexity index is 653. The van der Waals surface area contributed by atoms with Crippen molar-refractivity contribution in [1.29, 1.82) is 0 Å². The van der Waals surface area contributed by atoms with E-state index in [4.69, 9.17) is 4.74 Å². The van der Waals surface area contributed by atoms with Crippen LogP contribution >= 0.6 is 15.9 Å². The molecule has 0 spiro atoms. The summed E-state index contributed by atoms with van der Waals surface area (Å²) in [4.78, 5) is 24.2. The largest absolute Gasteiger partial charge is 0.459 e. The van der Waals surface area contributed by atoms with Gasteiger partial charge in [-0.05, 0) is 44.9 Å². The molecule has 118 valence electrons. The lowest BCUT2D eigenvalue weighted by Gasteiger charge is -2.28. The molecule has 6 heteroatoms. The van der Waals surface area contributed by atoms with Gasteiger partial charge in [-0.3, -0.25) is 0 Å². The number of benzene rings is 1. The van der Waals surface area contributed by atoms with E-state index in [-0.39, 0.29) is 12.1 Å². The predicted molar refractivity (Wildman–Crippen MR) is 87.2 cm³/mol. The molecule has 0 fully saturated rings. The van der Waals surface area contributed by atoms with Crippen molar-refractivity contribution in [2.75, 3.05) is 0 Å². The predicted octanol–water partition coefficient (Wildman–Crippen LogP) is 3.34. The Morgan fingerprint density at radius 1 is 1.32 bits per heavy atom. The zero-order valence-corrected chi connectivity index (χ0v) is 14.6. The fourth-order valence-electron chi connectivity index (χ4n) is 2.28. The molecule has 0 aromatic heterocycles. The number of halogens is 1. The van der Waals surface area contributed by atoms with Gasteiger partial charge in [0.1, 0.15) is 0 Å². The number of carbonyl (C=O) groups excluding carboxylic acids is 2. The highest BCUT2D eigenvalue weighted by atomic mass is 79.9. The molecule has 1 aromatic rings. The van der Waals surface area contributed by atoms with Crippen molar-refractivity contribution in [3.05, 3.63) is 45.1 Å². The van der Waals surface area contributed by atoms with Gasteiger partial charge in [0.15, 0.2) is 0 Å². The number of ether oxygens (including phenoxy) is 1. The van der Waals surface area contributed by atoms with E-state index in [1.165, 1.54) is 0 Å². The van der Waals surface area contributed by atoms with E-state index in [1.807, 2.05) is 25.1 Å². The Morgan fingerprint density at radius 2 is 2.00 bits per heavy atom. The first-order valence-corrected chi connectivity index (χ1v) is 7.84. The number of aryl methyl sites for hydroxylation is 1. The van der Waals surface area contributed by atoms with Crippen molar-refractivity contribution >= 4 is 27.9 Å². The average molecular weight is 367 g/mol. The van der Waals surface area contributed by atoms with E-state index >= 15 is 0 Å². The van der Waals surface area contributed by atoms with E-state index in [1.54, 1.807) is 20.8 Å². The number of nitrogens with one attached hydrogen (secondary N) is 2. The van der Waals surface area contributed by atoms with Crippen LogP contribution in [-0.2, 0) is 9.53 Å². The van der Waals surface area contributed by atoms with E-state index in [9.17, 15) is 9.59 Å². The fourth-order valence-corrected chi connectivity index (χ4v) is 2.68. The van der Waals surface area contributed by atoms with Crippen LogP contribution in [-0.4, -0.2) is 18.1 Å². The van der Waals surface area contributed by atoms with E-state index in [0.717, 1.165) is 15.6 Å². The molecule has 1 atom stereocenters. The molecule has 0 bridgehead atoms. The SMILES string of the molecule is CC1=C(C(=O)OC(C)C)[C@H](c2ccc(C)c(Br)c2)NC(=O)N1. The third kappa shape index (κ3) is 3.50. The Hall–Kier alpha value is -1.82. The van der Waals surface area contributed by atoms with E-state index < -0.39 is 12.0 Å². The Morgan fingerprint density at radius 3 is 2.59 bits per heavy atom. The van der Waals surface area contributed by atoms with E-state index in [0.29, 0.717) is 11.3 Å². The number of allylic oxidation sites excluding steroid dienone is 1. The van der Waals surface area contributed by atoms with Gasteiger partial charge in [-0.25, -0.2) is 9.59 Å². The zero-order chi connectivity index (χ0) is 16.4. The highest BCUT2D eigenvalue weighted by Gasteiger charge is 2.32. The molecule has 22 heavy (non-hydrogen) atoms. The van der Waals surface area contributed by atoms with Gasteiger partial charge in [-0.1, -0.05) is 28.1 Å². The summed E-state index contributed by atoms with van der Waals surface area (Å²) in [7, 11) is 0. The number of hydrogen-bond donors (Lipinski definition) is 2. The molecule has 5 nitrogen and oxygen atoms in total. The molecule has 1 heterocycles. The minimum Gasteiger partial charge on any atom is -0.459 e. The van der Waals surface area contributed by atoms with Crippen molar-refractivity contribution in [2.45, 2.75) is 39.8 Å². The molecule has 0 radical (unpaired) electrons. The summed E-state index contributed by atoms with van der Waals surface area (Å²) in [5, 5.41) is 5.41. The summed E-state index contributed by atoms with van der Waals surface area (Å²) in [5.41, 5.74) is 2.83. The van der Waals surface area contributed by atoms with Crippen LogP contribution in [0.3, 0.4) is 0 Å². The lowest BCUT2D eigenvalue weighted by atomic mass is 9.95. The average Bonchev–Trinajstić information content (AvgIpc) is 2.39. The van der Waals surface area contributed by atoms with Crippen LogP contribution in [0.25, 0.3) is 0 Å². The van der Waals surface area contributed by atoms with Crippen LogP contribution < -0.4 is 10.6 Å². The second-order valence-corrected chi connectivity index (χ2v) is 6.39. The maximum atomic E-state index is 12.4. The summed E-state index contributed by atoms with van der Waals surface area (Å²) < 4.78 is 6.22. The molecule has 0 saturated carbocycles. The molecule has 1 aromatic carbocycles. The lowest BCUT2D eigenvalue weighted by Crippen LogP contribution is -2.45. The summed E-state index contributed by atoms with van der Waals surface area (Å²) in [5.74, 6) is -0.429. The minimum atomic E-state index is -0.531. The lowest BCUT2D eigenvalue weighted by molar-refractivity contribution is -0.143. The van der Waals surface area contributed by atoms with Gasteiger partial charge in [0.25, 0.3) is 0 Å². The van der Waals surface area contributed by atoms with Gasteiger partial charge in [0, 0.05) is 10.2 Å². The monoisotopic (exact) mass is 366 g/mol. The van der Waals surface area contributed by atoms with Gasteiger partial charge >= 0.3 is 12.0 Å². The van der Waals surface area contributed by atoms with Crippen molar-refractivity contribution < 1.29 is 14.3 Å². The topological polar surface area (TPSA) is 67.4 Å². The first-order valence-electron chi connectivity index (χ1n) is 7.05. The van der Waals surface area contributed by atoms with Crippen LogP contribution in [0.15, 0.2) is 33.9 Å². The standard InChI is InChI=1S/C16H19BrN2O3/c1-8(2)22-15(20)13-10(4)18-16(21)19-14(13)11-6-5-9(3)12(17)7-11/h5-8,14H,1-4H3,(H2,18,19,21)/t14-/m0/s1.